The summed E-state index contributed by atoms with van der Waals surface area (Å²) in [7, 11) is 0. The van der Waals surface area contributed by atoms with Gasteiger partial charge in [0.05, 0.1) is 28.3 Å². The van der Waals surface area contributed by atoms with Crippen LogP contribution in [0.3, 0.4) is 0 Å². The minimum absolute atomic E-state index is 0.115. The summed E-state index contributed by atoms with van der Waals surface area (Å²) >= 11 is 3.02. The van der Waals surface area contributed by atoms with Crippen molar-refractivity contribution in [3.05, 3.63) is 94.8 Å². The third kappa shape index (κ3) is 5.70. The van der Waals surface area contributed by atoms with Gasteiger partial charge in [0.15, 0.2) is 10.9 Å². The first-order valence-corrected chi connectivity index (χ1v) is 14.3. The Morgan fingerprint density at radius 2 is 1.89 bits per heavy atom. The summed E-state index contributed by atoms with van der Waals surface area (Å²) in [5, 5.41) is 3.50. The topological polar surface area (TPSA) is 85.1 Å². The Labute approximate surface area is 224 Å². The summed E-state index contributed by atoms with van der Waals surface area (Å²) in [5.41, 5.74) is 3.87. The highest BCUT2D eigenvalue weighted by atomic mass is 32.2. The quantitative estimate of drug-likeness (QED) is 0.242. The van der Waals surface area contributed by atoms with Gasteiger partial charge in [-0.15, -0.1) is 11.8 Å². The molecular formula is C29H29N3O3S2. The molecule has 2 aromatic heterocycles. The minimum Gasteiger partial charge on any atom is -0.445 e. The molecule has 0 saturated heterocycles. The summed E-state index contributed by atoms with van der Waals surface area (Å²) < 4.78 is 6.73. The van der Waals surface area contributed by atoms with Crippen molar-refractivity contribution in [2.45, 2.75) is 61.3 Å². The van der Waals surface area contributed by atoms with Crippen LogP contribution < -0.4 is 5.32 Å². The number of aryl methyl sites for hydroxylation is 1. The van der Waals surface area contributed by atoms with Gasteiger partial charge in [0.25, 0.3) is 0 Å². The van der Waals surface area contributed by atoms with Crippen LogP contribution in [0.4, 0.5) is 5.13 Å². The number of benzene rings is 2. The number of oxazole rings is 1. The van der Waals surface area contributed by atoms with E-state index in [2.05, 4.69) is 29.1 Å². The largest absolute Gasteiger partial charge is 0.445 e. The fourth-order valence-electron chi connectivity index (χ4n) is 4.47. The van der Waals surface area contributed by atoms with Gasteiger partial charge in [0.1, 0.15) is 5.76 Å². The van der Waals surface area contributed by atoms with E-state index in [-0.39, 0.29) is 23.5 Å². The summed E-state index contributed by atoms with van der Waals surface area (Å²) in [6.45, 7) is 6.02. The zero-order chi connectivity index (χ0) is 25.9. The minimum atomic E-state index is -0.349. The van der Waals surface area contributed by atoms with Crippen molar-refractivity contribution in [1.29, 1.82) is 0 Å². The molecule has 1 N–H and O–H groups in total. The van der Waals surface area contributed by atoms with Gasteiger partial charge in [-0.1, -0.05) is 73.7 Å². The van der Waals surface area contributed by atoms with Gasteiger partial charge >= 0.3 is 0 Å². The summed E-state index contributed by atoms with van der Waals surface area (Å²) in [5.74, 6) is 2.07. The van der Waals surface area contributed by atoms with E-state index in [4.69, 9.17) is 4.42 Å². The highest BCUT2D eigenvalue weighted by Gasteiger charge is 2.28. The number of ketones is 1. The maximum Gasteiger partial charge on any atom is 0.233 e. The lowest BCUT2D eigenvalue weighted by atomic mass is 9.79. The van der Waals surface area contributed by atoms with Crippen molar-refractivity contribution < 1.29 is 14.0 Å². The van der Waals surface area contributed by atoms with E-state index in [1.165, 1.54) is 11.3 Å². The molecule has 2 unspecified atom stereocenters. The zero-order valence-electron chi connectivity index (χ0n) is 21.1. The van der Waals surface area contributed by atoms with Gasteiger partial charge in [0, 0.05) is 17.4 Å². The number of carbonyl (C=O) groups excluding carboxylic acids is 2. The molecule has 0 saturated carbocycles. The van der Waals surface area contributed by atoms with E-state index in [0.29, 0.717) is 22.7 Å². The molecule has 0 bridgehead atoms. The SMILES string of the molecule is CC(C)c1cnc(CSc2cnc(NC(=O)C(C)c3ccc(C4CCc5ccccc5C4=O)cc3)s2)o1. The molecule has 2 aromatic carbocycles. The number of thioether (sulfide) groups is 1. The number of nitrogens with zero attached hydrogens (tertiary/aromatic N) is 2. The Morgan fingerprint density at radius 3 is 2.65 bits per heavy atom. The van der Waals surface area contributed by atoms with Crippen molar-refractivity contribution >= 4 is 39.9 Å². The molecule has 0 spiro atoms. The fourth-order valence-corrected chi connectivity index (χ4v) is 6.20. The van der Waals surface area contributed by atoms with E-state index in [1.54, 1.807) is 24.2 Å². The number of thiazole rings is 1. The average Bonchev–Trinajstić information content (AvgIpc) is 3.57. The fraction of sp³-hybridized carbons (Fsp3) is 0.310. The van der Waals surface area contributed by atoms with Crippen molar-refractivity contribution in [2.75, 3.05) is 5.32 Å². The Morgan fingerprint density at radius 1 is 1.11 bits per heavy atom. The number of nitrogens with one attached hydrogen (secondary N) is 1. The number of fused-ring (bicyclic) bond motifs is 1. The van der Waals surface area contributed by atoms with Crippen molar-refractivity contribution in [3.8, 4) is 0 Å². The number of rotatable bonds is 8. The molecule has 1 amide bonds. The lowest BCUT2D eigenvalue weighted by molar-refractivity contribution is -0.117. The van der Waals surface area contributed by atoms with Crippen molar-refractivity contribution in [2.24, 2.45) is 0 Å². The number of hydrogen-bond acceptors (Lipinski definition) is 7. The van der Waals surface area contributed by atoms with Gasteiger partial charge in [-0.05, 0) is 36.5 Å². The molecule has 0 fully saturated rings. The monoisotopic (exact) mass is 531 g/mol. The van der Waals surface area contributed by atoms with Crippen LogP contribution in [0.15, 0.2) is 69.6 Å². The first-order valence-electron chi connectivity index (χ1n) is 12.4. The summed E-state index contributed by atoms with van der Waals surface area (Å²) in [6, 6.07) is 15.8. The van der Waals surface area contributed by atoms with Gasteiger partial charge in [-0.25, -0.2) is 9.97 Å². The van der Waals surface area contributed by atoms with E-state index >= 15 is 0 Å². The number of carbonyl (C=O) groups is 2. The Kier molecular flexibility index (Phi) is 7.58. The molecule has 190 valence electrons. The second-order valence-corrected chi connectivity index (χ2v) is 11.9. The molecule has 4 aromatic rings. The Bertz CT molecular complexity index is 1410. The number of amides is 1. The van der Waals surface area contributed by atoms with E-state index in [1.807, 2.05) is 55.5 Å². The van der Waals surface area contributed by atoms with E-state index in [0.717, 1.165) is 45.1 Å². The smallest absolute Gasteiger partial charge is 0.233 e. The summed E-state index contributed by atoms with van der Waals surface area (Å²) in [6.07, 6.45) is 5.25. The van der Waals surface area contributed by atoms with Gasteiger partial charge < -0.3 is 9.73 Å². The van der Waals surface area contributed by atoms with Gasteiger partial charge in [-0.2, -0.15) is 0 Å². The normalized spacial score (nSPS) is 16.0. The van der Waals surface area contributed by atoms with Crippen LogP contribution in [0.1, 0.15) is 83.6 Å². The first-order chi connectivity index (χ1) is 17.9. The third-order valence-electron chi connectivity index (χ3n) is 6.73. The second kappa shape index (κ2) is 11.0. The molecule has 37 heavy (non-hydrogen) atoms. The predicted molar refractivity (Wildman–Crippen MR) is 148 cm³/mol. The highest BCUT2D eigenvalue weighted by molar-refractivity contribution is 8.00. The molecular weight excluding hydrogens is 502 g/mol. The lowest BCUT2D eigenvalue weighted by Gasteiger charge is -2.24. The summed E-state index contributed by atoms with van der Waals surface area (Å²) in [4.78, 5) is 34.6. The van der Waals surface area contributed by atoms with Crippen LogP contribution in [0.25, 0.3) is 0 Å². The standard InChI is InChI=1S/C29H29N3O3S2/c1-17(2)24-14-30-25(35-24)16-36-26-15-31-29(37-26)32-28(34)18(3)19-8-10-21(11-9-19)23-13-12-20-6-4-5-7-22(20)27(23)33/h4-11,14-15,17-18,23H,12-13,16H2,1-3H3,(H,31,32,34). The average molecular weight is 532 g/mol. The molecule has 8 heteroatoms. The van der Waals surface area contributed by atoms with Crippen LogP contribution in [0.2, 0.25) is 0 Å². The third-order valence-corrected chi connectivity index (χ3v) is 8.82. The highest BCUT2D eigenvalue weighted by Crippen LogP contribution is 2.34. The van der Waals surface area contributed by atoms with Crippen LogP contribution in [0.5, 0.6) is 0 Å². The maximum absolute atomic E-state index is 13.0. The molecule has 0 radical (unpaired) electrons. The number of Topliss-reactive ketones (excluding diaryl/α,β-unsaturated/α-hetero) is 1. The maximum atomic E-state index is 13.0. The van der Waals surface area contributed by atoms with Crippen LogP contribution in [-0.4, -0.2) is 21.7 Å². The Hall–Kier alpha value is -3.23. The lowest BCUT2D eigenvalue weighted by Crippen LogP contribution is -2.21. The molecule has 1 aliphatic rings. The molecule has 2 atom stereocenters. The molecule has 2 heterocycles. The number of aromatic nitrogens is 2. The van der Waals surface area contributed by atoms with Gasteiger partial charge in [-0.3, -0.25) is 9.59 Å². The van der Waals surface area contributed by atoms with Crippen molar-refractivity contribution in [1.82, 2.24) is 9.97 Å². The van der Waals surface area contributed by atoms with Gasteiger partial charge in [0.2, 0.25) is 11.8 Å². The number of hydrogen-bond donors (Lipinski definition) is 1. The molecule has 6 nitrogen and oxygen atoms in total. The molecule has 1 aliphatic carbocycles. The Balaban J connectivity index is 1.17. The second-order valence-electron chi connectivity index (χ2n) is 9.57. The van der Waals surface area contributed by atoms with E-state index in [9.17, 15) is 9.59 Å². The van der Waals surface area contributed by atoms with E-state index < -0.39 is 0 Å². The van der Waals surface area contributed by atoms with Crippen LogP contribution >= 0.6 is 23.1 Å². The first kappa shape index (κ1) is 25.4. The predicted octanol–water partition coefficient (Wildman–Crippen LogP) is 7.20. The van der Waals surface area contributed by atoms with Crippen LogP contribution in [0, 0.1) is 0 Å². The number of anilines is 1. The van der Waals surface area contributed by atoms with Crippen molar-refractivity contribution in [3.63, 3.8) is 0 Å². The molecule has 5 rings (SSSR count). The van der Waals surface area contributed by atoms with Crippen LogP contribution in [-0.2, 0) is 17.0 Å². The zero-order valence-corrected chi connectivity index (χ0v) is 22.7. The molecule has 0 aliphatic heterocycles.